The summed E-state index contributed by atoms with van der Waals surface area (Å²) in [5.41, 5.74) is 2.71. The third-order valence-corrected chi connectivity index (χ3v) is 4.62. The van der Waals surface area contributed by atoms with Crippen LogP contribution < -0.4 is 16.0 Å². The molecule has 0 saturated heterocycles. The van der Waals surface area contributed by atoms with Crippen LogP contribution in [0.25, 0.3) is 0 Å². The summed E-state index contributed by atoms with van der Waals surface area (Å²) >= 11 is 0. The molecule has 6 nitrogen and oxygen atoms in total. The van der Waals surface area contributed by atoms with Crippen molar-refractivity contribution in [3.63, 3.8) is 0 Å². The van der Waals surface area contributed by atoms with E-state index in [1.165, 1.54) is 18.5 Å². The van der Waals surface area contributed by atoms with E-state index in [-0.39, 0.29) is 10.9 Å². The second-order valence-corrected chi connectivity index (χ2v) is 7.05. The van der Waals surface area contributed by atoms with Crippen LogP contribution in [0.5, 0.6) is 0 Å². The standard InChI is InChI=1S/C13H24N4O2S/c1-10(2)5-4-6-11(3)17-20(18,19)13-9-15-8-7-12(13)16-14/h7-11,17H,4-6,14H2,1-3H3,(H,15,16). The molecule has 20 heavy (non-hydrogen) atoms. The number of nitrogens with zero attached hydrogens (tertiary/aromatic N) is 1. The maximum Gasteiger partial charge on any atom is 0.244 e. The van der Waals surface area contributed by atoms with E-state index in [1.54, 1.807) is 0 Å². The van der Waals surface area contributed by atoms with Gasteiger partial charge in [0.2, 0.25) is 10.0 Å². The number of anilines is 1. The maximum absolute atomic E-state index is 12.3. The Morgan fingerprint density at radius 3 is 2.60 bits per heavy atom. The molecule has 1 unspecified atom stereocenters. The number of pyridine rings is 1. The first-order valence-corrected chi connectivity index (χ1v) is 8.28. The van der Waals surface area contributed by atoms with Gasteiger partial charge in [0.25, 0.3) is 0 Å². The number of hydrazine groups is 1. The summed E-state index contributed by atoms with van der Waals surface area (Å²) in [5, 5.41) is 0. The summed E-state index contributed by atoms with van der Waals surface area (Å²) in [4.78, 5) is 3.91. The van der Waals surface area contributed by atoms with Gasteiger partial charge < -0.3 is 5.43 Å². The van der Waals surface area contributed by atoms with Gasteiger partial charge in [0, 0.05) is 18.4 Å². The Morgan fingerprint density at radius 2 is 2.00 bits per heavy atom. The molecule has 1 aromatic rings. The number of nitrogen functional groups attached to an aromatic ring is 1. The second-order valence-electron chi connectivity index (χ2n) is 5.36. The molecule has 1 rings (SSSR count). The highest BCUT2D eigenvalue weighted by molar-refractivity contribution is 7.89. The summed E-state index contributed by atoms with van der Waals surface area (Å²) in [6, 6.07) is 1.41. The Balaban J connectivity index is 2.69. The van der Waals surface area contributed by atoms with E-state index in [1.807, 2.05) is 6.92 Å². The summed E-state index contributed by atoms with van der Waals surface area (Å²) in [6.45, 7) is 6.18. The quantitative estimate of drug-likeness (QED) is 0.503. The highest BCUT2D eigenvalue weighted by Crippen LogP contribution is 2.19. The van der Waals surface area contributed by atoms with Crippen molar-refractivity contribution in [1.29, 1.82) is 0 Å². The molecule has 4 N–H and O–H groups in total. The lowest BCUT2D eigenvalue weighted by Gasteiger charge is -2.16. The minimum absolute atomic E-state index is 0.0678. The van der Waals surface area contributed by atoms with Crippen LogP contribution in [-0.2, 0) is 10.0 Å². The zero-order valence-electron chi connectivity index (χ0n) is 12.3. The lowest BCUT2D eigenvalue weighted by atomic mass is 10.0. The normalized spacial score (nSPS) is 13.4. The first-order chi connectivity index (χ1) is 9.36. The first-order valence-electron chi connectivity index (χ1n) is 6.79. The van der Waals surface area contributed by atoms with Gasteiger partial charge in [-0.2, -0.15) is 0 Å². The van der Waals surface area contributed by atoms with Crippen LogP contribution in [0.4, 0.5) is 5.69 Å². The number of hydrogen-bond acceptors (Lipinski definition) is 5. The fourth-order valence-corrected chi connectivity index (χ4v) is 3.32. The van der Waals surface area contributed by atoms with Crippen LogP contribution >= 0.6 is 0 Å². The molecule has 0 fully saturated rings. The number of rotatable bonds is 8. The molecule has 0 spiro atoms. The van der Waals surface area contributed by atoms with Gasteiger partial charge in [-0.1, -0.05) is 26.7 Å². The van der Waals surface area contributed by atoms with Crippen molar-refractivity contribution in [1.82, 2.24) is 9.71 Å². The van der Waals surface area contributed by atoms with Gasteiger partial charge in [0.15, 0.2) is 0 Å². The Kier molecular flexibility index (Phi) is 6.38. The molecule has 0 bridgehead atoms. The van der Waals surface area contributed by atoms with Crippen molar-refractivity contribution >= 4 is 15.7 Å². The van der Waals surface area contributed by atoms with Crippen LogP contribution in [0, 0.1) is 5.92 Å². The fourth-order valence-electron chi connectivity index (χ4n) is 1.93. The highest BCUT2D eigenvalue weighted by Gasteiger charge is 2.20. The number of nitrogens with one attached hydrogen (secondary N) is 2. The van der Waals surface area contributed by atoms with Gasteiger partial charge in [-0.05, 0) is 25.3 Å². The van der Waals surface area contributed by atoms with Crippen molar-refractivity contribution in [3.8, 4) is 0 Å². The number of aromatic nitrogens is 1. The molecule has 0 aliphatic carbocycles. The van der Waals surface area contributed by atoms with Gasteiger partial charge in [0.1, 0.15) is 4.90 Å². The maximum atomic E-state index is 12.3. The second kappa shape index (κ2) is 7.56. The van der Waals surface area contributed by atoms with Gasteiger partial charge in [-0.25, -0.2) is 13.1 Å². The van der Waals surface area contributed by atoms with Crippen molar-refractivity contribution < 1.29 is 8.42 Å². The lowest BCUT2D eigenvalue weighted by Crippen LogP contribution is -2.33. The largest absolute Gasteiger partial charge is 0.323 e. The summed E-state index contributed by atoms with van der Waals surface area (Å²) in [5.74, 6) is 5.95. The first kappa shape index (κ1) is 16.9. The third kappa shape index (κ3) is 5.07. The number of nitrogens with two attached hydrogens (primary N) is 1. The van der Waals surface area contributed by atoms with E-state index in [9.17, 15) is 8.42 Å². The predicted octanol–water partition coefficient (Wildman–Crippen LogP) is 1.86. The predicted molar refractivity (Wildman–Crippen MR) is 80.5 cm³/mol. The van der Waals surface area contributed by atoms with Gasteiger partial charge in [-0.3, -0.25) is 10.8 Å². The highest BCUT2D eigenvalue weighted by atomic mass is 32.2. The van der Waals surface area contributed by atoms with Crippen LogP contribution in [-0.4, -0.2) is 19.4 Å². The van der Waals surface area contributed by atoms with E-state index in [2.05, 4.69) is 29.0 Å². The molecule has 1 atom stereocenters. The zero-order chi connectivity index (χ0) is 15.2. The molecule has 0 aromatic carbocycles. The van der Waals surface area contributed by atoms with E-state index < -0.39 is 10.0 Å². The molecular formula is C13H24N4O2S. The van der Waals surface area contributed by atoms with Crippen molar-refractivity contribution in [2.75, 3.05) is 5.43 Å². The molecule has 0 saturated carbocycles. The molecule has 1 aromatic heterocycles. The van der Waals surface area contributed by atoms with Crippen molar-refractivity contribution in [2.24, 2.45) is 11.8 Å². The van der Waals surface area contributed by atoms with Gasteiger partial charge in [-0.15, -0.1) is 0 Å². The van der Waals surface area contributed by atoms with Gasteiger partial charge >= 0.3 is 0 Å². The lowest BCUT2D eigenvalue weighted by molar-refractivity contribution is 0.488. The molecule has 114 valence electrons. The summed E-state index contributed by atoms with van der Waals surface area (Å²) in [6.07, 6.45) is 5.67. The van der Waals surface area contributed by atoms with E-state index in [0.717, 1.165) is 19.3 Å². The Hall–Kier alpha value is -1.18. The zero-order valence-corrected chi connectivity index (χ0v) is 13.1. The van der Waals surface area contributed by atoms with Crippen molar-refractivity contribution in [3.05, 3.63) is 18.5 Å². The van der Waals surface area contributed by atoms with Crippen LogP contribution in [0.2, 0.25) is 0 Å². The Bertz CT molecular complexity index is 517. The van der Waals surface area contributed by atoms with E-state index in [4.69, 9.17) is 5.84 Å². The molecule has 0 amide bonds. The van der Waals surface area contributed by atoms with E-state index >= 15 is 0 Å². The number of sulfonamides is 1. The Morgan fingerprint density at radius 1 is 1.30 bits per heavy atom. The van der Waals surface area contributed by atoms with Gasteiger partial charge in [0.05, 0.1) is 5.69 Å². The molecule has 0 aliphatic rings. The van der Waals surface area contributed by atoms with Crippen molar-refractivity contribution in [2.45, 2.75) is 51.0 Å². The topological polar surface area (TPSA) is 97.1 Å². The summed E-state index contributed by atoms with van der Waals surface area (Å²) in [7, 11) is -3.61. The average Bonchev–Trinajstić information content (AvgIpc) is 2.37. The average molecular weight is 300 g/mol. The number of hydrogen-bond donors (Lipinski definition) is 3. The smallest absolute Gasteiger partial charge is 0.244 e. The minimum Gasteiger partial charge on any atom is -0.323 e. The molecule has 0 radical (unpaired) electrons. The van der Waals surface area contributed by atoms with Crippen LogP contribution in [0.15, 0.2) is 23.4 Å². The molecule has 0 aliphatic heterocycles. The molecule has 1 heterocycles. The SMILES string of the molecule is CC(C)CCCC(C)NS(=O)(=O)c1cnccc1NN. The molecule has 7 heteroatoms. The third-order valence-electron chi connectivity index (χ3n) is 3.00. The minimum atomic E-state index is -3.61. The fraction of sp³-hybridized carbons (Fsp3) is 0.615. The molecular weight excluding hydrogens is 276 g/mol. The van der Waals surface area contributed by atoms with E-state index in [0.29, 0.717) is 11.6 Å². The monoisotopic (exact) mass is 300 g/mol. The van der Waals surface area contributed by atoms with Crippen LogP contribution in [0.3, 0.4) is 0 Å². The Labute approximate surface area is 121 Å². The van der Waals surface area contributed by atoms with Crippen LogP contribution in [0.1, 0.15) is 40.0 Å². The summed E-state index contributed by atoms with van der Waals surface area (Å²) < 4.78 is 27.2.